The maximum absolute atomic E-state index is 6.51. The molecule has 0 aliphatic rings. The van der Waals surface area contributed by atoms with Crippen LogP contribution in [0.15, 0.2) is 42.5 Å². The minimum Gasteiger partial charge on any atom is -0.494 e. The van der Waals surface area contributed by atoms with Crippen molar-refractivity contribution in [2.45, 2.75) is 72.1 Å². The highest BCUT2D eigenvalue weighted by molar-refractivity contribution is 6.32. The van der Waals surface area contributed by atoms with Gasteiger partial charge in [0.15, 0.2) is 0 Å². The molecule has 2 aromatic carbocycles. The Kier molecular flexibility index (Phi) is 11.4. The Bertz CT molecular complexity index is 783. The van der Waals surface area contributed by atoms with E-state index in [0.717, 1.165) is 43.9 Å². The molecule has 3 nitrogen and oxygen atoms in total. The van der Waals surface area contributed by atoms with E-state index in [4.69, 9.17) is 21.1 Å². The molecule has 0 saturated carbocycles. The molecular weight excluding hydrogens is 418 g/mol. The molecule has 0 heterocycles. The Labute approximate surface area is 201 Å². The molecule has 0 saturated heterocycles. The molecule has 0 unspecified atom stereocenters. The molecule has 0 N–H and O–H groups in total. The molecule has 0 aliphatic heterocycles. The van der Waals surface area contributed by atoms with Crippen LogP contribution in [0.3, 0.4) is 0 Å². The zero-order valence-electron chi connectivity index (χ0n) is 20.8. The van der Waals surface area contributed by atoms with Crippen LogP contribution in [0.4, 0.5) is 0 Å². The fourth-order valence-corrected chi connectivity index (χ4v) is 4.15. The van der Waals surface area contributed by atoms with Crippen molar-refractivity contribution in [1.82, 2.24) is 4.90 Å². The number of benzene rings is 2. The van der Waals surface area contributed by atoms with Crippen molar-refractivity contribution in [3.05, 3.63) is 58.6 Å². The topological polar surface area (TPSA) is 21.7 Å². The third-order valence-corrected chi connectivity index (χ3v) is 6.25. The van der Waals surface area contributed by atoms with E-state index in [1.807, 2.05) is 12.1 Å². The van der Waals surface area contributed by atoms with Gasteiger partial charge in [0, 0.05) is 12.0 Å². The molecule has 4 heteroatoms. The minimum atomic E-state index is -0.162. The monoisotopic (exact) mass is 459 g/mol. The van der Waals surface area contributed by atoms with Crippen molar-refractivity contribution in [3.63, 3.8) is 0 Å². The summed E-state index contributed by atoms with van der Waals surface area (Å²) in [7, 11) is 0. The second kappa shape index (κ2) is 13.7. The van der Waals surface area contributed by atoms with Gasteiger partial charge in [-0.05, 0) is 74.2 Å². The van der Waals surface area contributed by atoms with Crippen molar-refractivity contribution < 1.29 is 9.47 Å². The number of nitrogens with zero attached hydrogens (tertiary/aromatic N) is 1. The maximum Gasteiger partial charge on any atom is 0.137 e. The van der Waals surface area contributed by atoms with E-state index in [1.165, 1.54) is 37.1 Å². The van der Waals surface area contributed by atoms with E-state index in [2.05, 4.69) is 69.9 Å². The average molecular weight is 460 g/mol. The number of halogens is 1. The molecule has 178 valence electrons. The number of rotatable bonds is 15. The SMILES string of the molecule is CCCCOc1ccc(C(C)(C)c2ccc(OCCCN(CCC)CCC)cc2)cc1Cl. The van der Waals surface area contributed by atoms with Crippen molar-refractivity contribution >= 4 is 11.6 Å². The molecule has 0 bridgehead atoms. The molecule has 0 spiro atoms. The predicted octanol–water partition coefficient (Wildman–Crippen LogP) is 7.74. The first-order valence-corrected chi connectivity index (χ1v) is 12.7. The van der Waals surface area contributed by atoms with E-state index in [9.17, 15) is 0 Å². The van der Waals surface area contributed by atoms with Crippen LogP contribution in [0.1, 0.15) is 77.8 Å². The highest BCUT2D eigenvalue weighted by Crippen LogP contribution is 2.36. The summed E-state index contributed by atoms with van der Waals surface area (Å²) in [5.41, 5.74) is 2.24. The molecule has 2 aromatic rings. The number of hydrogen-bond donors (Lipinski definition) is 0. The zero-order chi connectivity index (χ0) is 23.4. The van der Waals surface area contributed by atoms with Crippen LogP contribution in [0, 0.1) is 0 Å². The highest BCUT2D eigenvalue weighted by atomic mass is 35.5. The highest BCUT2D eigenvalue weighted by Gasteiger charge is 2.24. The Hall–Kier alpha value is -1.71. The summed E-state index contributed by atoms with van der Waals surface area (Å²) in [6.45, 7) is 16.0. The number of unbranched alkanes of at least 4 members (excludes halogenated alkanes) is 1. The Morgan fingerprint density at radius 2 is 1.38 bits per heavy atom. The normalized spacial score (nSPS) is 11.7. The van der Waals surface area contributed by atoms with Crippen molar-refractivity contribution in [2.75, 3.05) is 32.8 Å². The summed E-state index contributed by atoms with van der Waals surface area (Å²) in [6, 6.07) is 14.6. The first-order chi connectivity index (χ1) is 15.4. The molecule has 0 aliphatic carbocycles. The number of ether oxygens (including phenoxy) is 2. The van der Waals surface area contributed by atoms with Crippen LogP contribution in [0.2, 0.25) is 5.02 Å². The van der Waals surface area contributed by atoms with Gasteiger partial charge in [-0.3, -0.25) is 0 Å². The summed E-state index contributed by atoms with van der Waals surface area (Å²) >= 11 is 6.51. The van der Waals surface area contributed by atoms with E-state index >= 15 is 0 Å². The first kappa shape index (κ1) is 26.5. The van der Waals surface area contributed by atoms with Gasteiger partial charge in [0.05, 0.1) is 18.2 Å². The van der Waals surface area contributed by atoms with Gasteiger partial charge >= 0.3 is 0 Å². The van der Waals surface area contributed by atoms with Crippen LogP contribution in [-0.2, 0) is 5.41 Å². The van der Waals surface area contributed by atoms with Crippen molar-refractivity contribution in [1.29, 1.82) is 0 Å². The van der Waals surface area contributed by atoms with Crippen LogP contribution in [0.25, 0.3) is 0 Å². The molecular formula is C28H42ClNO2. The summed E-state index contributed by atoms with van der Waals surface area (Å²) in [5.74, 6) is 1.69. The summed E-state index contributed by atoms with van der Waals surface area (Å²) < 4.78 is 11.8. The third-order valence-electron chi connectivity index (χ3n) is 5.95. The van der Waals surface area contributed by atoms with Gasteiger partial charge in [-0.2, -0.15) is 0 Å². The second-order valence-corrected chi connectivity index (χ2v) is 9.45. The van der Waals surface area contributed by atoms with Gasteiger partial charge in [0.2, 0.25) is 0 Å². The fourth-order valence-electron chi connectivity index (χ4n) is 3.91. The van der Waals surface area contributed by atoms with Crippen LogP contribution < -0.4 is 9.47 Å². The quantitative estimate of drug-likeness (QED) is 0.254. The predicted molar refractivity (Wildman–Crippen MR) is 138 cm³/mol. The van der Waals surface area contributed by atoms with Crippen molar-refractivity contribution in [3.8, 4) is 11.5 Å². The Morgan fingerprint density at radius 3 is 1.97 bits per heavy atom. The van der Waals surface area contributed by atoms with Gasteiger partial charge in [0.1, 0.15) is 11.5 Å². The lowest BCUT2D eigenvalue weighted by Gasteiger charge is -2.27. The molecule has 0 amide bonds. The Balaban J connectivity index is 1.94. The van der Waals surface area contributed by atoms with Gasteiger partial charge < -0.3 is 14.4 Å². The second-order valence-electron chi connectivity index (χ2n) is 9.04. The van der Waals surface area contributed by atoms with E-state index in [-0.39, 0.29) is 5.41 Å². The van der Waals surface area contributed by atoms with Gasteiger partial charge in [0.25, 0.3) is 0 Å². The van der Waals surface area contributed by atoms with E-state index in [1.54, 1.807) is 0 Å². The lowest BCUT2D eigenvalue weighted by Crippen LogP contribution is -2.27. The molecule has 32 heavy (non-hydrogen) atoms. The summed E-state index contributed by atoms with van der Waals surface area (Å²) in [4.78, 5) is 2.53. The van der Waals surface area contributed by atoms with Gasteiger partial charge in [-0.15, -0.1) is 0 Å². The van der Waals surface area contributed by atoms with Crippen LogP contribution in [0.5, 0.6) is 11.5 Å². The standard InChI is InChI=1S/C28H42ClNO2/c1-6-9-20-32-27-16-13-24(22-26(27)29)28(4,5)23-11-14-25(15-12-23)31-21-10-19-30(17-7-2)18-8-3/h11-16,22H,6-10,17-21H2,1-5H3. The van der Waals surface area contributed by atoms with Crippen LogP contribution in [-0.4, -0.2) is 37.7 Å². The number of hydrogen-bond acceptors (Lipinski definition) is 3. The van der Waals surface area contributed by atoms with E-state index in [0.29, 0.717) is 11.6 Å². The van der Waals surface area contributed by atoms with Crippen LogP contribution >= 0.6 is 11.6 Å². The largest absolute Gasteiger partial charge is 0.494 e. The van der Waals surface area contributed by atoms with Gasteiger partial charge in [-0.1, -0.05) is 70.8 Å². The lowest BCUT2D eigenvalue weighted by molar-refractivity contribution is 0.234. The molecule has 0 atom stereocenters. The molecule has 0 fully saturated rings. The lowest BCUT2D eigenvalue weighted by atomic mass is 9.78. The van der Waals surface area contributed by atoms with Gasteiger partial charge in [-0.25, -0.2) is 0 Å². The molecule has 2 rings (SSSR count). The zero-order valence-corrected chi connectivity index (χ0v) is 21.5. The molecule has 0 aromatic heterocycles. The maximum atomic E-state index is 6.51. The summed E-state index contributed by atoms with van der Waals surface area (Å²) in [6.07, 6.45) is 5.61. The molecule has 0 radical (unpaired) electrons. The third kappa shape index (κ3) is 8.01. The Morgan fingerprint density at radius 1 is 0.750 bits per heavy atom. The van der Waals surface area contributed by atoms with E-state index < -0.39 is 0 Å². The smallest absolute Gasteiger partial charge is 0.137 e. The fraction of sp³-hybridized carbons (Fsp3) is 0.571. The average Bonchev–Trinajstić information content (AvgIpc) is 2.78. The summed E-state index contributed by atoms with van der Waals surface area (Å²) in [5, 5.41) is 0.673. The minimum absolute atomic E-state index is 0.162. The van der Waals surface area contributed by atoms with Crippen molar-refractivity contribution in [2.24, 2.45) is 0 Å². The first-order valence-electron chi connectivity index (χ1n) is 12.3.